The van der Waals surface area contributed by atoms with Crippen LogP contribution in [0.25, 0.3) is 0 Å². The molecule has 9 heteroatoms. The number of aromatic nitrogens is 3. The van der Waals surface area contributed by atoms with Gasteiger partial charge in [-0.05, 0) is 67.7 Å². The maximum atomic E-state index is 14.0. The van der Waals surface area contributed by atoms with Crippen molar-refractivity contribution in [2.24, 2.45) is 11.3 Å². The minimum atomic E-state index is -4.37. The van der Waals surface area contributed by atoms with E-state index in [1.54, 1.807) is 18.7 Å². The molecule has 3 aliphatic rings. The van der Waals surface area contributed by atoms with E-state index < -0.39 is 17.2 Å². The largest absolute Gasteiger partial charge is 0.416 e. The molecule has 1 aliphatic carbocycles. The van der Waals surface area contributed by atoms with Gasteiger partial charge in [0.2, 0.25) is 5.91 Å². The Kier molecular flexibility index (Phi) is 6.40. The number of fused-ring (bicyclic) bond motifs is 1. The summed E-state index contributed by atoms with van der Waals surface area (Å²) < 4.78 is 41.7. The van der Waals surface area contributed by atoms with Crippen molar-refractivity contribution >= 4 is 5.91 Å². The fourth-order valence-electron chi connectivity index (χ4n) is 6.47. The number of halogens is 3. The average Bonchev–Trinajstić information content (AvgIpc) is 3.54. The van der Waals surface area contributed by atoms with Gasteiger partial charge in [0.25, 0.3) is 0 Å². The number of carbonyl (C=O) groups is 1. The third-order valence-corrected chi connectivity index (χ3v) is 8.71. The summed E-state index contributed by atoms with van der Waals surface area (Å²) >= 11 is 0. The molecule has 0 bridgehead atoms. The Morgan fingerprint density at radius 3 is 2.51 bits per heavy atom. The molecule has 35 heavy (non-hydrogen) atoms. The summed E-state index contributed by atoms with van der Waals surface area (Å²) in [6.45, 7) is 7.04. The van der Waals surface area contributed by atoms with Crippen molar-refractivity contribution in [3.8, 4) is 0 Å². The summed E-state index contributed by atoms with van der Waals surface area (Å²) in [7, 11) is 0. The topological polar surface area (TPSA) is 54.3 Å². The average molecular weight is 490 g/mol. The van der Waals surface area contributed by atoms with E-state index in [0.29, 0.717) is 30.6 Å². The maximum absolute atomic E-state index is 14.0. The van der Waals surface area contributed by atoms with Crippen LogP contribution < -0.4 is 0 Å². The molecule has 0 radical (unpaired) electrons. The van der Waals surface area contributed by atoms with E-state index in [4.69, 9.17) is 0 Å². The molecule has 5 rings (SSSR count). The van der Waals surface area contributed by atoms with Crippen molar-refractivity contribution in [2.45, 2.75) is 77.2 Å². The zero-order valence-electron chi connectivity index (χ0n) is 20.5. The molecule has 2 aliphatic heterocycles. The number of nitrogens with zero attached hydrogens (tertiary/aromatic N) is 5. The van der Waals surface area contributed by atoms with Gasteiger partial charge in [-0.25, -0.2) is 9.67 Å². The van der Waals surface area contributed by atoms with Crippen LogP contribution in [0.1, 0.15) is 68.7 Å². The van der Waals surface area contributed by atoms with E-state index in [1.807, 2.05) is 9.58 Å². The monoisotopic (exact) mass is 489 g/mol. The van der Waals surface area contributed by atoms with Gasteiger partial charge in [0.15, 0.2) is 0 Å². The Morgan fingerprint density at radius 2 is 1.86 bits per heavy atom. The van der Waals surface area contributed by atoms with Gasteiger partial charge in [-0.15, -0.1) is 0 Å². The Balaban J connectivity index is 1.27. The molecule has 1 aromatic carbocycles. The number of rotatable bonds is 4. The zero-order valence-corrected chi connectivity index (χ0v) is 20.5. The number of benzene rings is 1. The van der Waals surface area contributed by atoms with Crippen LogP contribution in [-0.2, 0) is 23.9 Å². The van der Waals surface area contributed by atoms with Crippen LogP contribution in [0.3, 0.4) is 0 Å². The number of hydrogen-bond donors (Lipinski definition) is 0. The van der Waals surface area contributed by atoms with Crippen LogP contribution in [0.2, 0.25) is 0 Å². The Hall–Kier alpha value is -2.42. The Labute approximate surface area is 204 Å². The SMILES string of the molecule is CC(C)[C@]1(C(=O)N2CCc3ccc(C(F)(F)F)cc3C2)CCC(N2CCC(n3cncn3)CC2)C1. The highest BCUT2D eigenvalue weighted by molar-refractivity contribution is 5.84. The van der Waals surface area contributed by atoms with E-state index in [9.17, 15) is 18.0 Å². The molecule has 1 saturated heterocycles. The molecule has 190 valence electrons. The molecular weight excluding hydrogens is 455 g/mol. The predicted octanol–water partition coefficient (Wildman–Crippen LogP) is 4.71. The van der Waals surface area contributed by atoms with Crippen molar-refractivity contribution in [3.63, 3.8) is 0 Å². The third kappa shape index (κ3) is 4.59. The lowest BCUT2D eigenvalue weighted by Gasteiger charge is -2.41. The summed E-state index contributed by atoms with van der Waals surface area (Å²) in [5, 5.41) is 4.29. The minimum Gasteiger partial charge on any atom is -0.338 e. The van der Waals surface area contributed by atoms with Gasteiger partial charge in [0.1, 0.15) is 12.7 Å². The molecule has 1 amide bonds. The fourth-order valence-corrected chi connectivity index (χ4v) is 6.47. The second-order valence-electron chi connectivity index (χ2n) is 10.8. The molecule has 3 heterocycles. The van der Waals surface area contributed by atoms with Crippen molar-refractivity contribution in [2.75, 3.05) is 19.6 Å². The summed E-state index contributed by atoms with van der Waals surface area (Å²) in [5.74, 6) is 0.297. The molecular formula is C26H34F3N5O. The number of carbonyl (C=O) groups excluding carboxylic acids is 1. The van der Waals surface area contributed by atoms with Crippen molar-refractivity contribution in [1.29, 1.82) is 0 Å². The van der Waals surface area contributed by atoms with E-state index >= 15 is 0 Å². The molecule has 6 nitrogen and oxygen atoms in total. The second kappa shape index (κ2) is 9.22. The molecule has 0 N–H and O–H groups in total. The van der Waals surface area contributed by atoms with E-state index in [1.165, 1.54) is 6.07 Å². The lowest BCUT2D eigenvalue weighted by atomic mass is 9.73. The van der Waals surface area contributed by atoms with Gasteiger partial charge in [-0.1, -0.05) is 19.9 Å². The van der Waals surface area contributed by atoms with E-state index in [2.05, 4.69) is 28.8 Å². The van der Waals surface area contributed by atoms with Crippen molar-refractivity contribution in [3.05, 3.63) is 47.5 Å². The number of alkyl halides is 3. The maximum Gasteiger partial charge on any atom is 0.416 e. The third-order valence-electron chi connectivity index (χ3n) is 8.71. The van der Waals surface area contributed by atoms with Gasteiger partial charge < -0.3 is 9.80 Å². The van der Waals surface area contributed by atoms with Crippen LogP contribution >= 0.6 is 0 Å². The number of amides is 1. The smallest absolute Gasteiger partial charge is 0.338 e. The van der Waals surface area contributed by atoms with Crippen LogP contribution in [-0.4, -0.2) is 56.1 Å². The summed E-state index contributed by atoms with van der Waals surface area (Å²) in [6, 6.07) is 4.70. The molecule has 1 unspecified atom stereocenters. The zero-order chi connectivity index (χ0) is 24.8. The molecule has 1 aromatic heterocycles. The summed E-state index contributed by atoms with van der Waals surface area (Å²) in [6.07, 6.45) is 4.28. The number of hydrogen-bond acceptors (Lipinski definition) is 4. The van der Waals surface area contributed by atoms with Gasteiger partial charge in [-0.3, -0.25) is 4.79 Å². The number of likely N-dealkylation sites (tertiary alicyclic amines) is 1. The minimum absolute atomic E-state index is 0.121. The molecule has 2 fully saturated rings. The van der Waals surface area contributed by atoms with Gasteiger partial charge in [0, 0.05) is 32.2 Å². The Bertz CT molecular complexity index is 1050. The highest BCUT2D eigenvalue weighted by Crippen LogP contribution is 2.48. The first kappa shape index (κ1) is 24.3. The normalized spacial score (nSPS) is 26.3. The van der Waals surface area contributed by atoms with Crippen LogP contribution in [0.5, 0.6) is 0 Å². The first-order valence-corrected chi connectivity index (χ1v) is 12.7. The summed E-state index contributed by atoms with van der Waals surface area (Å²) in [5.41, 5.74) is 0.453. The number of piperidine rings is 1. The van der Waals surface area contributed by atoms with Crippen molar-refractivity contribution < 1.29 is 18.0 Å². The second-order valence-corrected chi connectivity index (χ2v) is 10.8. The van der Waals surface area contributed by atoms with Gasteiger partial charge in [0.05, 0.1) is 17.0 Å². The van der Waals surface area contributed by atoms with E-state index in [0.717, 1.165) is 56.8 Å². The van der Waals surface area contributed by atoms with Gasteiger partial charge >= 0.3 is 6.18 Å². The van der Waals surface area contributed by atoms with Crippen LogP contribution in [0.15, 0.2) is 30.9 Å². The van der Waals surface area contributed by atoms with E-state index in [-0.39, 0.29) is 18.4 Å². The van der Waals surface area contributed by atoms with Crippen LogP contribution in [0.4, 0.5) is 13.2 Å². The molecule has 2 atom stereocenters. The first-order valence-electron chi connectivity index (χ1n) is 12.7. The lowest BCUT2D eigenvalue weighted by molar-refractivity contribution is -0.146. The Morgan fingerprint density at radius 1 is 1.09 bits per heavy atom. The molecule has 0 spiro atoms. The fraction of sp³-hybridized carbons (Fsp3) is 0.654. The standard InChI is InChI=1S/C26H34F3N5O/c1-18(2)25(9-5-23(14-25)32-11-7-22(8-12-32)34-17-30-16-31-34)24(35)33-10-6-19-3-4-21(26(27,28)29)13-20(19)15-33/h3-4,13,16-18,22-23H,5-12,14-15H2,1-2H3/t23?,25-/m0/s1. The highest BCUT2D eigenvalue weighted by atomic mass is 19.4. The lowest BCUT2D eigenvalue weighted by Crippen LogP contribution is -2.49. The predicted molar refractivity (Wildman–Crippen MR) is 125 cm³/mol. The molecule has 1 saturated carbocycles. The van der Waals surface area contributed by atoms with Crippen LogP contribution in [0, 0.1) is 11.3 Å². The van der Waals surface area contributed by atoms with Crippen molar-refractivity contribution in [1.82, 2.24) is 24.6 Å². The van der Waals surface area contributed by atoms with Gasteiger partial charge in [-0.2, -0.15) is 18.3 Å². The summed E-state index contributed by atoms with van der Waals surface area (Å²) in [4.78, 5) is 22.4. The quantitative estimate of drug-likeness (QED) is 0.624. The highest BCUT2D eigenvalue weighted by Gasteiger charge is 2.51. The molecule has 2 aromatic rings. The first-order chi connectivity index (χ1) is 16.7.